The summed E-state index contributed by atoms with van der Waals surface area (Å²) in [7, 11) is 3.18. The molecule has 0 aliphatic carbocycles. The molecule has 114 valence electrons. The fraction of sp³-hybridized carbons (Fsp3) is 0.462. The summed E-state index contributed by atoms with van der Waals surface area (Å²) in [6.07, 6.45) is -0.0421. The maximum atomic E-state index is 10.8. The molecule has 0 aliphatic heterocycles. The Bertz CT molecular complexity index is 644. The van der Waals surface area contributed by atoms with Crippen molar-refractivity contribution in [2.75, 3.05) is 20.0 Å². The average molecular weight is 311 g/mol. The van der Waals surface area contributed by atoms with Crippen LogP contribution in [0.15, 0.2) is 17.3 Å². The molecule has 2 rings (SSSR count). The number of carboxylic acids is 1. The van der Waals surface area contributed by atoms with Crippen LogP contribution in [0.5, 0.6) is 5.88 Å². The molecule has 2 heterocycles. The number of aliphatic carboxylic acids is 1. The standard InChI is InChI=1S/C13H17N3O4S/c1-8(19-2)6-16-12-9(4-5-10(15-12)20-3)14-13(16)21-7-11(17)18/h4-5,8H,6-7H2,1-3H3,(H,17,18). The van der Waals surface area contributed by atoms with E-state index in [1.807, 2.05) is 11.5 Å². The number of nitrogens with zero attached hydrogens (tertiary/aromatic N) is 3. The molecule has 0 aromatic carbocycles. The number of hydrogen-bond acceptors (Lipinski definition) is 6. The van der Waals surface area contributed by atoms with Crippen LogP contribution in [0.2, 0.25) is 0 Å². The van der Waals surface area contributed by atoms with Gasteiger partial charge in [0.15, 0.2) is 10.8 Å². The summed E-state index contributed by atoms with van der Waals surface area (Å²) in [4.78, 5) is 19.6. The molecule has 1 N–H and O–H groups in total. The van der Waals surface area contributed by atoms with Gasteiger partial charge >= 0.3 is 5.97 Å². The quantitative estimate of drug-likeness (QED) is 0.778. The first-order valence-corrected chi connectivity index (χ1v) is 7.32. The van der Waals surface area contributed by atoms with Gasteiger partial charge in [-0.3, -0.25) is 4.79 Å². The predicted molar refractivity (Wildman–Crippen MR) is 78.9 cm³/mol. The number of rotatable bonds is 7. The third-order valence-electron chi connectivity index (χ3n) is 2.91. The molecule has 0 bridgehead atoms. The monoisotopic (exact) mass is 311 g/mol. The van der Waals surface area contributed by atoms with Crippen molar-refractivity contribution in [3.8, 4) is 5.88 Å². The zero-order valence-corrected chi connectivity index (χ0v) is 12.9. The van der Waals surface area contributed by atoms with Gasteiger partial charge in [-0.05, 0) is 13.0 Å². The van der Waals surface area contributed by atoms with Crippen molar-refractivity contribution < 1.29 is 19.4 Å². The van der Waals surface area contributed by atoms with E-state index < -0.39 is 5.97 Å². The SMILES string of the molecule is COc1ccc2nc(SCC(=O)O)n(CC(C)OC)c2n1. The highest BCUT2D eigenvalue weighted by Gasteiger charge is 2.16. The molecule has 0 fully saturated rings. The van der Waals surface area contributed by atoms with Crippen LogP contribution in [0.1, 0.15) is 6.92 Å². The molecule has 1 atom stereocenters. The smallest absolute Gasteiger partial charge is 0.313 e. The lowest BCUT2D eigenvalue weighted by Gasteiger charge is -2.13. The van der Waals surface area contributed by atoms with E-state index in [2.05, 4.69) is 9.97 Å². The largest absolute Gasteiger partial charge is 0.481 e. The number of aromatic nitrogens is 3. The summed E-state index contributed by atoms with van der Waals surface area (Å²) in [5.41, 5.74) is 1.36. The Morgan fingerprint density at radius 2 is 2.19 bits per heavy atom. The van der Waals surface area contributed by atoms with Gasteiger partial charge in [0.25, 0.3) is 0 Å². The molecule has 21 heavy (non-hydrogen) atoms. The van der Waals surface area contributed by atoms with E-state index >= 15 is 0 Å². The maximum absolute atomic E-state index is 10.8. The number of imidazole rings is 1. The van der Waals surface area contributed by atoms with E-state index in [4.69, 9.17) is 14.6 Å². The van der Waals surface area contributed by atoms with Crippen LogP contribution in [-0.2, 0) is 16.1 Å². The Morgan fingerprint density at radius 3 is 2.81 bits per heavy atom. The van der Waals surface area contributed by atoms with Crippen molar-refractivity contribution in [1.82, 2.24) is 14.5 Å². The molecular weight excluding hydrogens is 294 g/mol. The molecule has 2 aromatic rings. The van der Waals surface area contributed by atoms with Crippen molar-refractivity contribution in [3.63, 3.8) is 0 Å². The lowest BCUT2D eigenvalue weighted by Crippen LogP contribution is -2.16. The van der Waals surface area contributed by atoms with Crippen molar-refractivity contribution in [1.29, 1.82) is 0 Å². The summed E-state index contributed by atoms with van der Waals surface area (Å²) in [6.45, 7) is 2.47. The Kier molecular flexibility index (Phi) is 5.03. The van der Waals surface area contributed by atoms with Crippen molar-refractivity contribution in [3.05, 3.63) is 12.1 Å². The van der Waals surface area contributed by atoms with E-state index in [-0.39, 0.29) is 11.9 Å². The summed E-state index contributed by atoms with van der Waals surface area (Å²) < 4.78 is 12.3. The van der Waals surface area contributed by atoms with Crippen molar-refractivity contribution >= 4 is 28.9 Å². The van der Waals surface area contributed by atoms with Gasteiger partial charge in [0.1, 0.15) is 5.52 Å². The van der Waals surface area contributed by atoms with E-state index in [1.54, 1.807) is 26.4 Å². The molecule has 8 heteroatoms. The molecule has 7 nitrogen and oxygen atoms in total. The first-order valence-electron chi connectivity index (χ1n) is 6.33. The molecule has 1 unspecified atom stereocenters. The topological polar surface area (TPSA) is 86.5 Å². The van der Waals surface area contributed by atoms with Gasteiger partial charge in [-0.25, -0.2) is 4.98 Å². The van der Waals surface area contributed by atoms with E-state index in [1.165, 1.54) is 0 Å². The number of fused-ring (bicyclic) bond motifs is 1. The van der Waals surface area contributed by atoms with Crippen molar-refractivity contribution in [2.24, 2.45) is 0 Å². The Hall–Kier alpha value is -1.80. The number of hydrogen-bond donors (Lipinski definition) is 1. The van der Waals surface area contributed by atoms with E-state index in [0.29, 0.717) is 28.7 Å². The first kappa shape index (κ1) is 15.6. The Labute approximate surface area is 126 Å². The maximum Gasteiger partial charge on any atom is 0.313 e. The zero-order valence-electron chi connectivity index (χ0n) is 12.1. The summed E-state index contributed by atoms with van der Waals surface area (Å²) in [5.74, 6) is -0.450. The van der Waals surface area contributed by atoms with Crippen molar-refractivity contribution in [2.45, 2.75) is 24.7 Å². The van der Waals surface area contributed by atoms with Gasteiger partial charge in [0.2, 0.25) is 5.88 Å². The molecule has 0 amide bonds. The molecule has 2 aromatic heterocycles. The predicted octanol–water partition coefficient (Wildman–Crippen LogP) is 1.65. The third kappa shape index (κ3) is 3.64. The third-order valence-corrected chi connectivity index (χ3v) is 3.87. The minimum Gasteiger partial charge on any atom is -0.481 e. The van der Waals surface area contributed by atoms with Crippen LogP contribution < -0.4 is 4.74 Å². The van der Waals surface area contributed by atoms with Gasteiger partial charge in [0, 0.05) is 13.2 Å². The molecule has 0 spiro atoms. The highest BCUT2D eigenvalue weighted by atomic mass is 32.2. The van der Waals surface area contributed by atoms with E-state index in [0.717, 1.165) is 11.8 Å². The number of carboxylic acid groups (broad SMARTS) is 1. The van der Waals surface area contributed by atoms with Crippen LogP contribution >= 0.6 is 11.8 Å². The Balaban J connectivity index is 2.44. The van der Waals surface area contributed by atoms with Crippen LogP contribution in [-0.4, -0.2) is 51.7 Å². The fourth-order valence-corrected chi connectivity index (χ4v) is 2.54. The van der Waals surface area contributed by atoms with Gasteiger partial charge in [0.05, 0.1) is 25.5 Å². The summed E-state index contributed by atoms with van der Waals surface area (Å²) in [5, 5.41) is 9.44. The van der Waals surface area contributed by atoms with Crippen LogP contribution in [0.3, 0.4) is 0 Å². The second kappa shape index (κ2) is 6.77. The fourth-order valence-electron chi connectivity index (χ4n) is 1.81. The highest BCUT2D eigenvalue weighted by molar-refractivity contribution is 7.99. The molecule has 0 aliphatic rings. The summed E-state index contributed by atoms with van der Waals surface area (Å²) >= 11 is 1.16. The zero-order chi connectivity index (χ0) is 15.4. The number of methoxy groups -OCH3 is 2. The molecule has 0 saturated heterocycles. The lowest BCUT2D eigenvalue weighted by atomic mass is 10.4. The number of pyridine rings is 1. The van der Waals surface area contributed by atoms with Crippen LogP contribution in [0.25, 0.3) is 11.2 Å². The second-order valence-electron chi connectivity index (χ2n) is 4.43. The molecular formula is C13H17N3O4S. The minimum absolute atomic E-state index is 0.0421. The number of carbonyl (C=O) groups is 1. The van der Waals surface area contributed by atoms with Crippen LogP contribution in [0.4, 0.5) is 0 Å². The second-order valence-corrected chi connectivity index (χ2v) is 5.37. The average Bonchev–Trinajstić information content (AvgIpc) is 2.82. The summed E-state index contributed by atoms with van der Waals surface area (Å²) in [6, 6.07) is 3.53. The molecule has 0 saturated carbocycles. The van der Waals surface area contributed by atoms with Gasteiger partial charge in [-0.2, -0.15) is 4.98 Å². The lowest BCUT2D eigenvalue weighted by molar-refractivity contribution is -0.133. The first-order chi connectivity index (χ1) is 10.0. The Morgan fingerprint density at radius 1 is 1.43 bits per heavy atom. The minimum atomic E-state index is -0.885. The number of ether oxygens (including phenoxy) is 2. The van der Waals surface area contributed by atoms with E-state index in [9.17, 15) is 4.79 Å². The van der Waals surface area contributed by atoms with Gasteiger partial charge in [-0.15, -0.1) is 0 Å². The van der Waals surface area contributed by atoms with Crippen LogP contribution in [0, 0.1) is 0 Å². The number of thioether (sulfide) groups is 1. The highest BCUT2D eigenvalue weighted by Crippen LogP contribution is 2.25. The molecule has 0 radical (unpaired) electrons. The van der Waals surface area contributed by atoms with Gasteiger partial charge < -0.3 is 19.1 Å². The normalized spacial score (nSPS) is 12.5. The van der Waals surface area contributed by atoms with Gasteiger partial charge in [-0.1, -0.05) is 11.8 Å².